The Kier molecular flexibility index (Phi) is 4.21. The zero-order chi connectivity index (χ0) is 13.9. The smallest absolute Gasteiger partial charge is 0.226 e. The first kappa shape index (κ1) is 14.0. The van der Waals surface area contributed by atoms with Crippen LogP contribution in [0.15, 0.2) is 6.20 Å². The van der Waals surface area contributed by atoms with Crippen molar-refractivity contribution in [3.63, 3.8) is 0 Å². The molecule has 104 valence electrons. The third-order valence-corrected chi connectivity index (χ3v) is 3.17. The van der Waals surface area contributed by atoms with Crippen molar-refractivity contribution in [1.29, 1.82) is 0 Å². The summed E-state index contributed by atoms with van der Waals surface area (Å²) in [5.41, 5.74) is 0.737. The molecule has 6 nitrogen and oxygen atoms in total. The highest BCUT2D eigenvalue weighted by atomic mass is 35.5. The Hall–Kier alpha value is -1.40. The van der Waals surface area contributed by atoms with Gasteiger partial charge in [0.2, 0.25) is 5.28 Å². The Morgan fingerprint density at radius 1 is 1.42 bits per heavy atom. The van der Waals surface area contributed by atoms with Gasteiger partial charge in [0.05, 0.1) is 11.6 Å². The molecule has 0 unspecified atom stereocenters. The van der Waals surface area contributed by atoms with Crippen LogP contribution in [0.3, 0.4) is 0 Å². The summed E-state index contributed by atoms with van der Waals surface area (Å²) in [5.74, 6) is 0.703. The SMILES string of the molecule is COCCC(C)(C)CNc1nc(Cl)nc2[nH]ncc12. The molecule has 0 spiro atoms. The molecule has 0 saturated carbocycles. The second-order valence-corrected chi connectivity index (χ2v) is 5.57. The van der Waals surface area contributed by atoms with E-state index in [9.17, 15) is 0 Å². The third-order valence-electron chi connectivity index (χ3n) is 3.00. The third kappa shape index (κ3) is 3.54. The fourth-order valence-corrected chi connectivity index (χ4v) is 1.90. The number of rotatable bonds is 6. The van der Waals surface area contributed by atoms with E-state index in [0.29, 0.717) is 11.5 Å². The number of methoxy groups -OCH3 is 1. The van der Waals surface area contributed by atoms with Gasteiger partial charge < -0.3 is 10.1 Å². The molecule has 0 radical (unpaired) electrons. The van der Waals surface area contributed by atoms with Crippen LogP contribution in [0.4, 0.5) is 5.82 Å². The van der Waals surface area contributed by atoms with Crippen molar-refractivity contribution in [3.8, 4) is 0 Å². The van der Waals surface area contributed by atoms with E-state index in [1.165, 1.54) is 0 Å². The second kappa shape index (κ2) is 5.71. The lowest BCUT2D eigenvalue weighted by Crippen LogP contribution is -2.25. The minimum Gasteiger partial charge on any atom is -0.385 e. The van der Waals surface area contributed by atoms with Crippen LogP contribution in [0.5, 0.6) is 0 Å². The normalized spacial score (nSPS) is 12.0. The van der Waals surface area contributed by atoms with Crippen LogP contribution in [0.25, 0.3) is 11.0 Å². The number of halogens is 1. The molecule has 2 rings (SSSR count). The molecule has 0 bridgehead atoms. The van der Waals surface area contributed by atoms with Gasteiger partial charge in [0, 0.05) is 20.3 Å². The lowest BCUT2D eigenvalue weighted by molar-refractivity contribution is 0.157. The van der Waals surface area contributed by atoms with Crippen molar-refractivity contribution in [2.75, 3.05) is 25.6 Å². The lowest BCUT2D eigenvalue weighted by atomic mass is 9.90. The summed E-state index contributed by atoms with van der Waals surface area (Å²) in [4.78, 5) is 8.28. The summed E-state index contributed by atoms with van der Waals surface area (Å²) in [6, 6.07) is 0. The van der Waals surface area contributed by atoms with Crippen LogP contribution < -0.4 is 5.32 Å². The van der Waals surface area contributed by atoms with Gasteiger partial charge in [-0.2, -0.15) is 15.1 Å². The standard InChI is InChI=1S/C12H18ClN5O/c1-12(2,4-5-19-3)7-14-9-8-6-15-18-10(8)17-11(13)16-9/h6H,4-5,7H2,1-3H3,(H2,14,15,16,17,18). The van der Waals surface area contributed by atoms with Gasteiger partial charge >= 0.3 is 0 Å². The second-order valence-electron chi connectivity index (χ2n) is 5.23. The Bertz CT molecular complexity index is 554. The lowest BCUT2D eigenvalue weighted by Gasteiger charge is -2.24. The van der Waals surface area contributed by atoms with E-state index in [0.717, 1.165) is 25.0 Å². The largest absolute Gasteiger partial charge is 0.385 e. The Morgan fingerprint density at radius 3 is 2.95 bits per heavy atom. The molecule has 19 heavy (non-hydrogen) atoms. The van der Waals surface area contributed by atoms with Crippen LogP contribution in [-0.2, 0) is 4.74 Å². The zero-order valence-electron chi connectivity index (χ0n) is 11.3. The number of aromatic nitrogens is 4. The van der Waals surface area contributed by atoms with E-state index < -0.39 is 0 Å². The molecule has 7 heteroatoms. The fraction of sp³-hybridized carbons (Fsp3) is 0.583. The van der Waals surface area contributed by atoms with Gasteiger partial charge in [-0.25, -0.2) is 0 Å². The van der Waals surface area contributed by atoms with Crippen molar-refractivity contribution in [3.05, 3.63) is 11.5 Å². The molecule has 0 fully saturated rings. The highest BCUT2D eigenvalue weighted by Crippen LogP contribution is 2.24. The number of H-pyrrole nitrogens is 1. The van der Waals surface area contributed by atoms with Crippen LogP contribution in [0, 0.1) is 5.41 Å². The number of ether oxygens (including phenoxy) is 1. The summed E-state index contributed by atoms with van der Waals surface area (Å²) in [7, 11) is 1.71. The van der Waals surface area contributed by atoms with Crippen molar-refractivity contribution in [1.82, 2.24) is 20.2 Å². The van der Waals surface area contributed by atoms with Gasteiger partial charge in [0.25, 0.3) is 0 Å². The van der Waals surface area contributed by atoms with E-state index in [2.05, 4.69) is 39.3 Å². The minimum absolute atomic E-state index is 0.101. The molecule has 2 aromatic rings. The fourth-order valence-electron chi connectivity index (χ4n) is 1.73. The van der Waals surface area contributed by atoms with Crippen LogP contribution in [0.2, 0.25) is 5.28 Å². The van der Waals surface area contributed by atoms with Crippen molar-refractivity contribution in [2.24, 2.45) is 5.41 Å². The molecular formula is C12H18ClN5O. The highest BCUT2D eigenvalue weighted by molar-refractivity contribution is 6.28. The quantitative estimate of drug-likeness (QED) is 0.797. The summed E-state index contributed by atoms with van der Waals surface area (Å²) in [5, 5.41) is 11.1. The highest BCUT2D eigenvalue weighted by Gasteiger charge is 2.18. The van der Waals surface area contributed by atoms with Gasteiger partial charge in [-0.1, -0.05) is 13.8 Å². The topological polar surface area (TPSA) is 75.7 Å². The van der Waals surface area contributed by atoms with Crippen LogP contribution >= 0.6 is 11.6 Å². The van der Waals surface area contributed by atoms with Crippen molar-refractivity contribution < 1.29 is 4.74 Å². The number of aromatic amines is 1. The average Bonchev–Trinajstić information content (AvgIpc) is 2.81. The Balaban J connectivity index is 2.11. The minimum atomic E-state index is 0.101. The number of hydrogen-bond acceptors (Lipinski definition) is 5. The summed E-state index contributed by atoms with van der Waals surface area (Å²) >= 11 is 5.88. The number of nitrogens with one attached hydrogen (secondary N) is 2. The molecule has 2 N–H and O–H groups in total. The molecule has 0 aliphatic carbocycles. The first-order valence-corrected chi connectivity index (χ1v) is 6.49. The monoisotopic (exact) mass is 283 g/mol. The van der Waals surface area contributed by atoms with Gasteiger partial charge in [-0.05, 0) is 23.4 Å². The number of anilines is 1. The molecule has 0 aromatic carbocycles. The van der Waals surface area contributed by atoms with E-state index in [1.807, 2.05) is 0 Å². The molecule has 0 saturated heterocycles. The Morgan fingerprint density at radius 2 is 2.21 bits per heavy atom. The van der Waals surface area contributed by atoms with Crippen molar-refractivity contribution in [2.45, 2.75) is 20.3 Å². The zero-order valence-corrected chi connectivity index (χ0v) is 12.1. The maximum Gasteiger partial charge on any atom is 0.226 e. The predicted molar refractivity (Wildman–Crippen MR) is 75.5 cm³/mol. The molecular weight excluding hydrogens is 266 g/mol. The summed E-state index contributed by atoms with van der Waals surface area (Å²) in [6.45, 7) is 5.85. The predicted octanol–water partition coefficient (Wildman–Crippen LogP) is 2.48. The van der Waals surface area contributed by atoms with E-state index >= 15 is 0 Å². The summed E-state index contributed by atoms with van der Waals surface area (Å²) < 4.78 is 5.12. The molecule has 2 heterocycles. The maximum absolute atomic E-state index is 5.88. The first-order chi connectivity index (χ1) is 9.02. The number of nitrogens with zero attached hydrogens (tertiary/aromatic N) is 3. The van der Waals surface area contributed by atoms with Gasteiger partial charge in [-0.3, -0.25) is 5.10 Å². The molecule has 0 aliphatic heterocycles. The van der Waals surface area contributed by atoms with Crippen LogP contribution in [0.1, 0.15) is 20.3 Å². The van der Waals surface area contributed by atoms with Crippen LogP contribution in [-0.4, -0.2) is 40.4 Å². The Labute approximate surface area is 116 Å². The van der Waals surface area contributed by atoms with Gasteiger partial charge in [0.1, 0.15) is 5.82 Å². The first-order valence-electron chi connectivity index (χ1n) is 6.11. The van der Waals surface area contributed by atoms with Gasteiger partial charge in [0.15, 0.2) is 5.65 Å². The summed E-state index contributed by atoms with van der Waals surface area (Å²) in [6.07, 6.45) is 2.65. The maximum atomic E-state index is 5.88. The molecule has 0 atom stereocenters. The molecule has 2 aromatic heterocycles. The van der Waals surface area contributed by atoms with E-state index in [1.54, 1.807) is 13.3 Å². The number of hydrogen-bond donors (Lipinski definition) is 2. The molecule has 0 amide bonds. The molecule has 0 aliphatic rings. The number of fused-ring (bicyclic) bond motifs is 1. The average molecular weight is 284 g/mol. The van der Waals surface area contributed by atoms with E-state index in [4.69, 9.17) is 16.3 Å². The van der Waals surface area contributed by atoms with Gasteiger partial charge in [-0.15, -0.1) is 0 Å². The van der Waals surface area contributed by atoms with Crippen molar-refractivity contribution >= 4 is 28.5 Å². The van der Waals surface area contributed by atoms with E-state index in [-0.39, 0.29) is 10.7 Å².